The number of aromatic nitrogens is 3. The van der Waals surface area contributed by atoms with Crippen molar-refractivity contribution in [3.05, 3.63) is 34.6 Å². The van der Waals surface area contributed by atoms with Gasteiger partial charge in [0.1, 0.15) is 0 Å². The van der Waals surface area contributed by atoms with Gasteiger partial charge in [-0.05, 0) is 38.3 Å². The molecule has 0 aliphatic heterocycles. The van der Waals surface area contributed by atoms with Crippen molar-refractivity contribution in [1.29, 1.82) is 0 Å². The zero-order chi connectivity index (χ0) is 17.0. The molecule has 0 bridgehead atoms. The number of thioether (sulfide) groups is 1. The maximum absolute atomic E-state index is 12.2. The first-order valence-corrected chi connectivity index (χ1v) is 8.60. The summed E-state index contributed by atoms with van der Waals surface area (Å²) in [6.45, 7) is 8.09. The third-order valence-electron chi connectivity index (χ3n) is 3.48. The van der Waals surface area contributed by atoms with E-state index >= 15 is 0 Å². The fourth-order valence-electron chi connectivity index (χ4n) is 2.48. The number of nitrogen functional groups attached to an aromatic ring is 1. The van der Waals surface area contributed by atoms with Crippen LogP contribution in [0.1, 0.15) is 35.9 Å². The summed E-state index contributed by atoms with van der Waals surface area (Å²) in [6, 6.07) is 4.12. The van der Waals surface area contributed by atoms with E-state index in [4.69, 9.17) is 5.84 Å². The number of hydrogen-bond donors (Lipinski definition) is 2. The van der Waals surface area contributed by atoms with Crippen LogP contribution in [-0.2, 0) is 11.2 Å². The highest BCUT2D eigenvalue weighted by molar-refractivity contribution is 7.99. The van der Waals surface area contributed by atoms with Crippen LogP contribution in [0.15, 0.2) is 17.3 Å². The van der Waals surface area contributed by atoms with E-state index in [0.717, 1.165) is 35.5 Å². The molecule has 0 saturated carbocycles. The molecule has 0 unspecified atom stereocenters. The standard InChI is InChI=1S/C16H23N5OS/c1-5-6-13-19-20-16(21(13)17)23-9-14(22)18-15-11(3)7-10(2)8-12(15)4/h7-8H,5-6,9,17H2,1-4H3,(H,18,22). The molecule has 1 amide bonds. The molecule has 1 heterocycles. The third kappa shape index (κ3) is 4.25. The molecular formula is C16H23N5OS. The van der Waals surface area contributed by atoms with Crippen molar-refractivity contribution in [2.24, 2.45) is 0 Å². The first kappa shape index (κ1) is 17.3. The molecule has 7 heteroatoms. The van der Waals surface area contributed by atoms with Gasteiger partial charge in [0.2, 0.25) is 11.1 Å². The molecule has 23 heavy (non-hydrogen) atoms. The van der Waals surface area contributed by atoms with Crippen LogP contribution in [0.5, 0.6) is 0 Å². The number of hydrogen-bond acceptors (Lipinski definition) is 5. The minimum absolute atomic E-state index is 0.0786. The summed E-state index contributed by atoms with van der Waals surface area (Å²) in [7, 11) is 0. The van der Waals surface area contributed by atoms with Crippen molar-refractivity contribution < 1.29 is 4.79 Å². The molecule has 0 spiro atoms. The maximum Gasteiger partial charge on any atom is 0.234 e. The van der Waals surface area contributed by atoms with E-state index in [9.17, 15) is 4.79 Å². The topological polar surface area (TPSA) is 85.8 Å². The highest BCUT2D eigenvalue weighted by Gasteiger charge is 2.13. The highest BCUT2D eigenvalue weighted by atomic mass is 32.2. The van der Waals surface area contributed by atoms with E-state index in [1.165, 1.54) is 22.0 Å². The monoisotopic (exact) mass is 333 g/mol. The SMILES string of the molecule is CCCc1nnc(SCC(=O)Nc2c(C)cc(C)cc2C)n1N. The van der Waals surface area contributed by atoms with Crippen LogP contribution in [0.3, 0.4) is 0 Å². The van der Waals surface area contributed by atoms with Crippen LogP contribution >= 0.6 is 11.8 Å². The second kappa shape index (κ2) is 7.50. The molecule has 2 rings (SSSR count). The Morgan fingerprint density at radius 2 is 1.91 bits per heavy atom. The Morgan fingerprint density at radius 3 is 2.52 bits per heavy atom. The normalized spacial score (nSPS) is 10.8. The van der Waals surface area contributed by atoms with Crippen LogP contribution in [0.2, 0.25) is 0 Å². The highest BCUT2D eigenvalue weighted by Crippen LogP contribution is 2.23. The van der Waals surface area contributed by atoms with Crippen LogP contribution in [0, 0.1) is 20.8 Å². The fraction of sp³-hybridized carbons (Fsp3) is 0.438. The fourth-order valence-corrected chi connectivity index (χ4v) is 3.16. The number of rotatable bonds is 6. The summed E-state index contributed by atoms with van der Waals surface area (Å²) in [6.07, 6.45) is 1.73. The van der Waals surface area contributed by atoms with Gasteiger partial charge in [-0.15, -0.1) is 10.2 Å². The van der Waals surface area contributed by atoms with Gasteiger partial charge in [0.05, 0.1) is 5.75 Å². The van der Waals surface area contributed by atoms with Crippen molar-refractivity contribution in [1.82, 2.24) is 14.9 Å². The number of nitrogens with zero attached hydrogens (tertiary/aromatic N) is 3. The van der Waals surface area contributed by atoms with Crippen molar-refractivity contribution >= 4 is 23.4 Å². The molecule has 2 aromatic rings. The van der Waals surface area contributed by atoms with Gasteiger partial charge in [0, 0.05) is 12.1 Å². The number of benzene rings is 1. The Kier molecular flexibility index (Phi) is 5.65. The van der Waals surface area contributed by atoms with Crippen LogP contribution in [0.25, 0.3) is 0 Å². The first-order chi connectivity index (χ1) is 10.9. The summed E-state index contributed by atoms with van der Waals surface area (Å²) in [4.78, 5) is 12.2. The van der Waals surface area contributed by atoms with Gasteiger partial charge in [-0.2, -0.15) is 0 Å². The molecular weight excluding hydrogens is 310 g/mol. The van der Waals surface area contributed by atoms with Crippen molar-refractivity contribution in [2.75, 3.05) is 16.9 Å². The summed E-state index contributed by atoms with van der Waals surface area (Å²) in [5.74, 6) is 6.83. The summed E-state index contributed by atoms with van der Waals surface area (Å²) in [5, 5.41) is 11.6. The largest absolute Gasteiger partial charge is 0.336 e. The molecule has 1 aromatic carbocycles. The zero-order valence-corrected chi connectivity index (χ0v) is 14.8. The minimum Gasteiger partial charge on any atom is -0.336 e. The molecule has 1 aromatic heterocycles. The van der Waals surface area contributed by atoms with Gasteiger partial charge in [-0.25, -0.2) is 4.68 Å². The molecule has 6 nitrogen and oxygen atoms in total. The molecule has 0 aliphatic rings. The number of nitrogens with two attached hydrogens (primary N) is 1. The lowest BCUT2D eigenvalue weighted by atomic mass is 10.1. The Bertz CT molecular complexity index is 687. The maximum atomic E-state index is 12.2. The molecule has 0 fully saturated rings. The Labute approximate surface area is 140 Å². The lowest BCUT2D eigenvalue weighted by Crippen LogP contribution is -2.18. The minimum atomic E-state index is -0.0786. The van der Waals surface area contributed by atoms with E-state index in [2.05, 4.69) is 34.6 Å². The second-order valence-electron chi connectivity index (χ2n) is 5.63. The van der Waals surface area contributed by atoms with Gasteiger partial charge < -0.3 is 11.2 Å². The van der Waals surface area contributed by atoms with Gasteiger partial charge in [-0.1, -0.05) is 36.4 Å². The van der Waals surface area contributed by atoms with Crippen molar-refractivity contribution in [3.8, 4) is 0 Å². The van der Waals surface area contributed by atoms with Gasteiger partial charge in [-0.3, -0.25) is 4.79 Å². The Hall–Kier alpha value is -2.02. The number of nitrogens with one attached hydrogen (secondary N) is 1. The van der Waals surface area contributed by atoms with Crippen LogP contribution in [-0.4, -0.2) is 26.5 Å². The summed E-state index contributed by atoms with van der Waals surface area (Å²) in [5.41, 5.74) is 4.19. The lowest BCUT2D eigenvalue weighted by Gasteiger charge is -2.12. The lowest BCUT2D eigenvalue weighted by molar-refractivity contribution is -0.113. The van der Waals surface area contributed by atoms with Gasteiger partial charge in [0.15, 0.2) is 5.82 Å². The number of amides is 1. The molecule has 0 radical (unpaired) electrons. The predicted octanol–water partition coefficient (Wildman–Crippen LogP) is 2.60. The average molecular weight is 333 g/mol. The van der Waals surface area contributed by atoms with E-state index < -0.39 is 0 Å². The number of aryl methyl sites for hydroxylation is 4. The van der Waals surface area contributed by atoms with E-state index in [1.807, 2.05) is 20.8 Å². The first-order valence-electron chi connectivity index (χ1n) is 7.62. The predicted molar refractivity (Wildman–Crippen MR) is 94.2 cm³/mol. The summed E-state index contributed by atoms with van der Waals surface area (Å²) >= 11 is 1.29. The van der Waals surface area contributed by atoms with Gasteiger partial charge in [0.25, 0.3) is 0 Å². The zero-order valence-electron chi connectivity index (χ0n) is 14.0. The number of carbonyl (C=O) groups is 1. The average Bonchev–Trinajstić information content (AvgIpc) is 2.82. The second-order valence-corrected chi connectivity index (χ2v) is 6.57. The quantitative estimate of drug-likeness (QED) is 0.627. The van der Waals surface area contributed by atoms with Gasteiger partial charge >= 0.3 is 0 Å². The van der Waals surface area contributed by atoms with Crippen molar-refractivity contribution in [2.45, 2.75) is 45.7 Å². The third-order valence-corrected chi connectivity index (χ3v) is 4.43. The van der Waals surface area contributed by atoms with Crippen molar-refractivity contribution in [3.63, 3.8) is 0 Å². The molecule has 124 valence electrons. The molecule has 0 saturated heterocycles. The Balaban J connectivity index is 1.98. The van der Waals surface area contributed by atoms with Crippen LogP contribution in [0.4, 0.5) is 5.69 Å². The number of carbonyl (C=O) groups excluding carboxylic acids is 1. The van der Waals surface area contributed by atoms with E-state index in [0.29, 0.717) is 5.16 Å². The molecule has 0 aliphatic carbocycles. The number of anilines is 1. The Morgan fingerprint density at radius 1 is 1.26 bits per heavy atom. The summed E-state index contributed by atoms with van der Waals surface area (Å²) < 4.78 is 1.46. The molecule has 3 N–H and O–H groups in total. The van der Waals surface area contributed by atoms with E-state index in [1.54, 1.807) is 0 Å². The molecule has 0 atom stereocenters. The smallest absolute Gasteiger partial charge is 0.234 e. The van der Waals surface area contributed by atoms with E-state index in [-0.39, 0.29) is 11.7 Å². The van der Waals surface area contributed by atoms with Crippen LogP contribution < -0.4 is 11.2 Å².